The van der Waals surface area contributed by atoms with E-state index in [9.17, 15) is 8.78 Å². The number of hydrogen-bond acceptors (Lipinski definition) is 3. The normalized spacial score (nSPS) is 11.9. The molecule has 6 heteroatoms. The van der Waals surface area contributed by atoms with Crippen LogP contribution in [0.15, 0.2) is 18.2 Å². The summed E-state index contributed by atoms with van der Waals surface area (Å²) in [5.74, 6) is 1.14. The minimum atomic E-state index is -2.43. The Morgan fingerprint density at radius 1 is 1.35 bits per heavy atom. The van der Waals surface area contributed by atoms with E-state index in [2.05, 4.69) is 4.98 Å². The summed E-state index contributed by atoms with van der Waals surface area (Å²) in [5.41, 5.74) is 8.19. The van der Waals surface area contributed by atoms with Gasteiger partial charge in [0.25, 0.3) is 6.43 Å². The van der Waals surface area contributed by atoms with E-state index in [1.54, 1.807) is 0 Å². The highest BCUT2D eigenvalue weighted by Gasteiger charge is 2.14. The van der Waals surface area contributed by atoms with Crippen molar-refractivity contribution in [2.24, 2.45) is 0 Å². The Balaban J connectivity index is 2.22. The second-order valence-electron chi connectivity index (χ2n) is 4.99. The second-order valence-corrected chi connectivity index (χ2v) is 4.99. The van der Waals surface area contributed by atoms with E-state index in [4.69, 9.17) is 10.5 Å². The van der Waals surface area contributed by atoms with Crippen molar-refractivity contribution in [1.82, 2.24) is 9.55 Å². The topological polar surface area (TPSA) is 53.1 Å². The monoisotopic (exact) mass is 283 g/mol. The first-order chi connectivity index (χ1) is 9.49. The minimum Gasteiger partial charge on any atom is -0.399 e. The molecule has 0 spiro atoms. The molecular weight excluding hydrogens is 264 g/mol. The Morgan fingerprint density at radius 2 is 2.10 bits per heavy atom. The summed E-state index contributed by atoms with van der Waals surface area (Å²) in [7, 11) is 0. The Bertz CT molecular complexity index is 581. The van der Waals surface area contributed by atoms with E-state index in [0.717, 1.165) is 16.9 Å². The fourth-order valence-electron chi connectivity index (χ4n) is 2.17. The van der Waals surface area contributed by atoms with Gasteiger partial charge in [0.15, 0.2) is 0 Å². The maximum atomic E-state index is 12.0. The molecule has 0 aliphatic carbocycles. The van der Waals surface area contributed by atoms with E-state index in [-0.39, 0.29) is 12.5 Å². The first-order valence-electron chi connectivity index (χ1n) is 6.60. The van der Waals surface area contributed by atoms with Crippen LogP contribution in [-0.4, -0.2) is 29.2 Å². The molecule has 0 bridgehead atoms. The number of benzene rings is 1. The predicted molar refractivity (Wildman–Crippen MR) is 75.1 cm³/mol. The van der Waals surface area contributed by atoms with Crippen LogP contribution in [0.3, 0.4) is 0 Å². The van der Waals surface area contributed by atoms with E-state index in [0.29, 0.717) is 12.2 Å². The molecule has 0 saturated heterocycles. The van der Waals surface area contributed by atoms with E-state index >= 15 is 0 Å². The molecule has 0 unspecified atom stereocenters. The van der Waals surface area contributed by atoms with Crippen LogP contribution in [0.25, 0.3) is 11.0 Å². The lowest BCUT2D eigenvalue weighted by molar-refractivity contribution is 0.0148. The Kier molecular flexibility index (Phi) is 4.54. The molecule has 2 N–H and O–H groups in total. The highest BCUT2D eigenvalue weighted by molar-refractivity contribution is 5.79. The number of rotatable bonds is 6. The number of hydrogen-bond donors (Lipinski definition) is 1. The van der Waals surface area contributed by atoms with Gasteiger partial charge in [-0.25, -0.2) is 13.8 Å². The number of nitrogens with zero attached hydrogens (tertiary/aromatic N) is 2. The van der Waals surface area contributed by atoms with Crippen molar-refractivity contribution in [2.75, 3.05) is 18.9 Å². The molecule has 1 heterocycles. The molecule has 1 aromatic carbocycles. The van der Waals surface area contributed by atoms with Gasteiger partial charge in [0.2, 0.25) is 0 Å². The lowest BCUT2D eigenvalue weighted by Gasteiger charge is -2.11. The standard InChI is InChI=1S/C14H19F2N3O/c1-9(2)14-18-11-7-10(17)3-4-12(11)19(14)5-6-20-8-13(15)16/h3-4,7,9,13H,5-6,8,17H2,1-2H3. The van der Waals surface area contributed by atoms with Gasteiger partial charge in [-0.15, -0.1) is 0 Å². The number of imidazole rings is 1. The zero-order valence-corrected chi connectivity index (χ0v) is 11.6. The molecule has 0 radical (unpaired) electrons. The molecule has 0 aliphatic rings. The number of ether oxygens (including phenoxy) is 1. The zero-order valence-electron chi connectivity index (χ0n) is 11.6. The summed E-state index contributed by atoms with van der Waals surface area (Å²) >= 11 is 0. The third kappa shape index (κ3) is 3.25. The van der Waals surface area contributed by atoms with Crippen molar-refractivity contribution in [2.45, 2.75) is 32.7 Å². The molecule has 0 amide bonds. The van der Waals surface area contributed by atoms with Crippen LogP contribution in [0, 0.1) is 0 Å². The number of aromatic nitrogens is 2. The van der Waals surface area contributed by atoms with E-state index in [1.807, 2.05) is 36.6 Å². The molecule has 2 rings (SSSR count). The van der Waals surface area contributed by atoms with Gasteiger partial charge in [-0.3, -0.25) is 0 Å². The Labute approximate surface area is 116 Å². The minimum absolute atomic E-state index is 0.235. The maximum Gasteiger partial charge on any atom is 0.261 e. The SMILES string of the molecule is CC(C)c1nc2cc(N)ccc2n1CCOCC(F)F. The highest BCUT2D eigenvalue weighted by atomic mass is 19.3. The molecule has 4 nitrogen and oxygen atoms in total. The van der Waals surface area contributed by atoms with Crippen molar-refractivity contribution >= 4 is 16.7 Å². The molecule has 1 aromatic heterocycles. The maximum absolute atomic E-state index is 12.0. The van der Waals surface area contributed by atoms with Gasteiger partial charge in [-0.2, -0.15) is 0 Å². The van der Waals surface area contributed by atoms with Crippen molar-refractivity contribution in [1.29, 1.82) is 0 Å². The van der Waals surface area contributed by atoms with Gasteiger partial charge >= 0.3 is 0 Å². The molecular formula is C14H19F2N3O. The third-order valence-corrected chi connectivity index (χ3v) is 3.02. The zero-order chi connectivity index (χ0) is 14.7. The van der Waals surface area contributed by atoms with Gasteiger partial charge in [0.1, 0.15) is 12.4 Å². The molecule has 110 valence electrons. The average Bonchev–Trinajstić information content (AvgIpc) is 2.72. The van der Waals surface area contributed by atoms with E-state index < -0.39 is 13.0 Å². The summed E-state index contributed by atoms with van der Waals surface area (Å²) in [5, 5.41) is 0. The smallest absolute Gasteiger partial charge is 0.261 e. The quantitative estimate of drug-likeness (QED) is 0.655. The fraction of sp³-hybridized carbons (Fsp3) is 0.500. The number of alkyl halides is 2. The van der Waals surface area contributed by atoms with Gasteiger partial charge in [-0.1, -0.05) is 13.8 Å². The summed E-state index contributed by atoms with van der Waals surface area (Å²) < 4.78 is 31.1. The summed E-state index contributed by atoms with van der Waals surface area (Å²) in [6.45, 7) is 4.29. The van der Waals surface area contributed by atoms with Gasteiger partial charge in [0.05, 0.1) is 17.6 Å². The van der Waals surface area contributed by atoms with Crippen molar-refractivity contribution in [3.63, 3.8) is 0 Å². The molecule has 0 aliphatic heterocycles. The molecule has 0 saturated carbocycles. The van der Waals surface area contributed by atoms with Crippen molar-refractivity contribution in [3.8, 4) is 0 Å². The first-order valence-corrected chi connectivity index (χ1v) is 6.60. The summed E-state index contributed by atoms with van der Waals surface area (Å²) in [6.07, 6.45) is -2.43. The number of nitrogen functional groups attached to an aromatic ring is 1. The fourth-order valence-corrected chi connectivity index (χ4v) is 2.17. The van der Waals surface area contributed by atoms with Gasteiger partial charge < -0.3 is 15.0 Å². The highest BCUT2D eigenvalue weighted by Crippen LogP contribution is 2.23. The van der Waals surface area contributed by atoms with Crippen LogP contribution >= 0.6 is 0 Å². The van der Waals surface area contributed by atoms with Crippen LogP contribution < -0.4 is 5.73 Å². The van der Waals surface area contributed by atoms with Crippen LogP contribution in [0.1, 0.15) is 25.6 Å². The predicted octanol–water partition coefficient (Wildman–Crippen LogP) is 3.02. The third-order valence-electron chi connectivity index (χ3n) is 3.02. The lowest BCUT2D eigenvalue weighted by Crippen LogP contribution is -2.13. The van der Waals surface area contributed by atoms with Crippen LogP contribution in [0.2, 0.25) is 0 Å². The summed E-state index contributed by atoms with van der Waals surface area (Å²) in [6, 6.07) is 5.53. The molecule has 20 heavy (non-hydrogen) atoms. The molecule has 0 fully saturated rings. The van der Waals surface area contributed by atoms with Crippen LogP contribution in [0.5, 0.6) is 0 Å². The van der Waals surface area contributed by atoms with Crippen LogP contribution in [0.4, 0.5) is 14.5 Å². The van der Waals surface area contributed by atoms with Crippen LogP contribution in [-0.2, 0) is 11.3 Å². The Morgan fingerprint density at radius 3 is 2.75 bits per heavy atom. The van der Waals surface area contributed by atoms with Crippen molar-refractivity contribution in [3.05, 3.63) is 24.0 Å². The molecule has 0 atom stereocenters. The number of nitrogens with two attached hydrogens (primary N) is 1. The average molecular weight is 283 g/mol. The second kappa shape index (κ2) is 6.17. The number of halogens is 2. The Hall–Kier alpha value is -1.69. The summed E-state index contributed by atoms with van der Waals surface area (Å²) in [4.78, 5) is 4.57. The molecule has 2 aromatic rings. The largest absolute Gasteiger partial charge is 0.399 e. The number of fused-ring (bicyclic) bond motifs is 1. The van der Waals surface area contributed by atoms with Gasteiger partial charge in [-0.05, 0) is 18.2 Å². The number of anilines is 1. The van der Waals surface area contributed by atoms with Crippen molar-refractivity contribution < 1.29 is 13.5 Å². The lowest BCUT2D eigenvalue weighted by atomic mass is 10.2. The van der Waals surface area contributed by atoms with Gasteiger partial charge in [0, 0.05) is 18.2 Å². The van der Waals surface area contributed by atoms with E-state index in [1.165, 1.54) is 0 Å². The first kappa shape index (κ1) is 14.7.